The van der Waals surface area contributed by atoms with Crippen molar-refractivity contribution in [2.45, 2.75) is 41.3 Å². The van der Waals surface area contributed by atoms with Gasteiger partial charge < -0.3 is 4.55 Å². The van der Waals surface area contributed by atoms with Crippen LogP contribution in [-0.4, -0.2) is 54.3 Å². The van der Waals surface area contributed by atoms with Gasteiger partial charge in [0.15, 0.2) is 0 Å². The molecule has 0 saturated heterocycles. The predicted octanol–water partition coefficient (Wildman–Crippen LogP) is 0.570. The SMILES string of the molecule is O=S(=O)([O-])C(F)C(F)(F)C(F)(F)C(F)(F)C(F)(F)C(F)(F)C(F)(F)F.[K+]. The normalized spacial score (nSPS) is 16.9. The van der Waals surface area contributed by atoms with Crippen molar-refractivity contribution in [2.24, 2.45) is 0 Å². The Labute approximate surface area is 176 Å². The molecule has 0 fully saturated rings. The molecule has 0 aromatic rings. The molecular formula is C7HF14KO3S. The van der Waals surface area contributed by atoms with Crippen molar-refractivity contribution in [2.75, 3.05) is 0 Å². The Balaban J connectivity index is 0. The third-order valence-corrected chi connectivity index (χ3v) is 3.30. The molecule has 0 aliphatic rings. The Kier molecular flexibility index (Phi) is 8.22. The van der Waals surface area contributed by atoms with Gasteiger partial charge in [-0.1, -0.05) is 0 Å². The number of rotatable bonds is 6. The van der Waals surface area contributed by atoms with Crippen molar-refractivity contribution in [3.63, 3.8) is 0 Å². The van der Waals surface area contributed by atoms with Gasteiger partial charge in [-0.15, -0.1) is 0 Å². The van der Waals surface area contributed by atoms with Crippen molar-refractivity contribution in [3.05, 3.63) is 0 Å². The smallest absolute Gasteiger partial charge is 0.746 e. The van der Waals surface area contributed by atoms with Crippen molar-refractivity contribution in [3.8, 4) is 0 Å². The van der Waals surface area contributed by atoms with Crippen LogP contribution in [0.3, 0.4) is 0 Å². The number of halogens is 14. The molecule has 0 heterocycles. The van der Waals surface area contributed by atoms with Crippen LogP contribution in [0.4, 0.5) is 61.5 Å². The predicted molar refractivity (Wildman–Crippen MR) is 45.4 cm³/mol. The van der Waals surface area contributed by atoms with Crippen LogP contribution in [0.5, 0.6) is 0 Å². The molecule has 0 N–H and O–H groups in total. The first-order chi connectivity index (χ1) is 10.4. The van der Waals surface area contributed by atoms with E-state index in [1.54, 1.807) is 0 Å². The molecule has 0 aliphatic carbocycles. The van der Waals surface area contributed by atoms with Gasteiger partial charge in [-0.2, -0.15) is 57.1 Å². The Morgan fingerprint density at radius 3 is 1.12 bits per heavy atom. The van der Waals surface area contributed by atoms with E-state index < -0.39 is 51.4 Å². The molecule has 0 aromatic carbocycles. The molecule has 152 valence electrons. The Morgan fingerprint density at radius 2 is 0.885 bits per heavy atom. The van der Waals surface area contributed by atoms with Crippen LogP contribution in [0.1, 0.15) is 0 Å². The van der Waals surface area contributed by atoms with Gasteiger partial charge in [0.1, 0.15) is 10.1 Å². The van der Waals surface area contributed by atoms with E-state index in [2.05, 4.69) is 0 Å². The minimum absolute atomic E-state index is 0. The van der Waals surface area contributed by atoms with Crippen molar-refractivity contribution in [1.82, 2.24) is 0 Å². The van der Waals surface area contributed by atoms with Gasteiger partial charge in [0.2, 0.25) is 0 Å². The van der Waals surface area contributed by atoms with Gasteiger partial charge in [0, 0.05) is 0 Å². The zero-order valence-corrected chi connectivity index (χ0v) is 15.4. The van der Waals surface area contributed by atoms with Gasteiger partial charge in [-0.3, -0.25) is 0 Å². The molecule has 1 atom stereocenters. The fourth-order valence-corrected chi connectivity index (χ4v) is 1.62. The second kappa shape index (κ2) is 7.43. The molecule has 0 saturated carbocycles. The van der Waals surface area contributed by atoms with Crippen LogP contribution in [0.2, 0.25) is 0 Å². The van der Waals surface area contributed by atoms with Crippen LogP contribution >= 0.6 is 0 Å². The molecule has 0 spiro atoms. The molecule has 0 radical (unpaired) electrons. The average Bonchev–Trinajstić information content (AvgIpc) is 2.34. The quantitative estimate of drug-likeness (QED) is 0.324. The van der Waals surface area contributed by atoms with E-state index in [9.17, 15) is 74.4 Å². The average molecular weight is 470 g/mol. The van der Waals surface area contributed by atoms with Crippen molar-refractivity contribution >= 4 is 10.1 Å². The van der Waals surface area contributed by atoms with Gasteiger partial charge >= 0.3 is 87.2 Å². The molecule has 0 amide bonds. The Bertz CT molecular complexity index is 611. The molecule has 0 aliphatic heterocycles. The molecule has 1 unspecified atom stereocenters. The van der Waals surface area contributed by atoms with Crippen LogP contribution in [0.25, 0.3) is 0 Å². The molecular weight excluding hydrogens is 469 g/mol. The summed E-state index contributed by atoms with van der Waals surface area (Å²) < 4.78 is 204. The zero-order chi connectivity index (χ0) is 21.1. The first-order valence-electron chi connectivity index (χ1n) is 4.95. The topological polar surface area (TPSA) is 57.2 Å². The Hall–Kier alpha value is 0.566. The summed E-state index contributed by atoms with van der Waals surface area (Å²) in [5.74, 6) is -40.5. The van der Waals surface area contributed by atoms with Crippen LogP contribution in [0.15, 0.2) is 0 Å². The summed E-state index contributed by atoms with van der Waals surface area (Å²) >= 11 is 0. The molecule has 0 bridgehead atoms. The fraction of sp³-hybridized carbons (Fsp3) is 1.00. The van der Waals surface area contributed by atoms with Gasteiger partial charge in [-0.05, 0) is 0 Å². The molecule has 0 rings (SSSR count). The summed E-state index contributed by atoms with van der Waals surface area (Å²) in [7, 11) is -7.25. The maximum Gasteiger partial charge on any atom is 1.00 e. The van der Waals surface area contributed by atoms with Crippen LogP contribution < -0.4 is 51.4 Å². The summed E-state index contributed by atoms with van der Waals surface area (Å²) in [6.07, 6.45) is -7.66. The van der Waals surface area contributed by atoms with Crippen molar-refractivity contribution < 1.29 is 126 Å². The largest absolute Gasteiger partial charge is 1.00 e. The third-order valence-electron chi connectivity index (χ3n) is 2.50. The second-order valence-electron chi connectivity index (χ2n) is 4.23. The van der Waals surface area contributed by atoms with Crippen molar-refractivity contribution in [1.29, 1.82) is 0 Å². The van der Waals surface area contributed by atoms with E-state index in [0.717, 1.165) is 0 Å². The minimum atomic E-state index is -8.36. The first-order valence-corrected chi connectivity index (χ1v) is 6.42. The number of hydrogen-bond acceptors (Lipinski definition) is 3. The molecule has 0 aromatic heterocycles. The zero-order valence-electron chi connectivity index (χ0n) is 11.5. The Morgan fingerprint density at radius 1 is 0.615 bits per heavy atom. The van der Waals surface area contributed by atoms with E-state index in [-0.39, 0.29) is 51.4 Å². The maximum atomic E-state index is 12.9. The van der Waals surface area contributed by atoms with E-state index in [1.165, 1.54) is 0 Å². The van der Waals surface area contributed by atoms with E-state index >= 15 is 0 Å². The van der Waals surface area contributed by atoms with Gasteiger partial charge in [-0.25, -0.2) is 12.8 Å². The molecule has 26 heavy (non-hydrogen) atoms. The second-order valence-corrected chi connectivity index (χ2v) is 5.63. The third kappa shape index (κ3) is 4.12. The van der Waals surface area contributed by atoms with Crippen LogP contribution in [0, 0.1) is 0 Å². The maximum absolute atomic E-state index is 12.9. The summed E-state index contributed by atoms with van der Waals surface area (Å²) in [5, 5.41) is 0. The standard InChI is InChI=1S/C7H2F14O3S.K/c8-1(25(22,23)24)2(9,10)3(11,12)4(13,14)5(15,16)6(17,18)7(19,20)21;/h1H,(H,22,23,24);/q;+1/p-1. The van der Waals surface area contributed by atoms with Gasteiger partial charge in [0.05, 0.1) is 0 Å². The monoisotopic (exact) mass is 470 g/mol. The summed E-state index contributed by atoms with van der Waals surface area (Å²) in [4.78, 5) is 0. The number of alkyl halides is 14. The molecule has 19 heteroatoms. The number of hydrogen-bond donors (Lipinski definition) is 0. The molecule has 3 nitrogen and oxygen atoms in total. The summed E-state index contributed by atoms with van der Waals surface area (Å²) in [6.45, 7) is 0. The first kappa shape index (κ1) is 28.8. The van der Waals surface area contributed by atoms with E-state index in [4.69, 9.17) is 0 Å². The minimum Gasteiger partial charge on any atom is -0.746 e. The van der Waals surface area contributed by atoms with Gasteiger partial charge in [0.25, 0.3) is 5.50 Å². The summed E-state index contributed by atoms with van der Waals surface area (Å²) in [5.41, 5.74) is -5.88. The van der Waals surface area contributed by atoms with Crippen LogP contribution in [-0.2, 0) is 10.1 Å². The fourth-order valence-electron chi connectivity index (χ4n) is 1.11. The van der Waals surface area contributed by atoms with E-state index in [1.807, 2.05) is 0 Å². The summed E-state index contributed by atoms with van der Waals surface area (Å²) in [6, 6.07) is 0. The van der Waals surface area contributed by atoms with E-state index in [0.29, 0.717) is 0 Å².